The zero-order chi connectivity index (χ0) is 12.0. The number of hydrogen-bond acceptors (Lipinski definition) is 3. The summed E-state index contributed by atoms with van der Waals surface area (Å²) in [7, 11) is 0. The first kappa shape index (κ1) is 13.8. The summed E-state index contributed by atoms with van der Waals surface area (Å²) < 4.78 is 0.866. The number of nitrogens with one attached hydrogen (secondary N) is 1. The van der Waals surface area contributed by atoms with Gasteiger partial charge in [0.1, 0.15) is 0 Å². The van der Waals surface area contributed by atoms with Crippen molar-refractivity contribution in [3.05, 3.63) is 27.7 Å². The van der Waals surface area contributed by atoms with Gasteiger partial charge in [-0.05, 0) is 18.2 Å². The SMILES string of the molecule is O=C(CSCCO)Nc1ccc(Br)cc1Cl. The Balaban J connectivity index is 2.49. The van der Waals surface area contributed by atoms with Gasteiger partial charge < -0.3 is 10.4 Å². The molecule has 16 heavy (non-hydrogen) atoms. The number of amides is 1. The molecule has 0 saturated carbocycles. The first-order chi connectivity index (χ1) is 7.63. The van der Waals surface area contributed by atoms with E-state index in [1.165, 1.54) is 11.8 Å². The molecule has 3 nitrogen and oxygen atoms in total. The summed E-state index contributed by atoms with van der Waals surface area (Å²) in [5.41, 5.74) is 0.597. The van der Waals surface area contributed by atoms with E-state index in [0.29, 0.717) is 22.2 Å². The third kappa shape index (κ3) is 4.74. The highest BCUT2D eigenvalue weighted by Crippen LogP contribution is 2.25. The zero-order valence-corrected chi connectivity index (χ0v) is 11.5. The largest absolute Gasteiger partial charge is 0.396 e. The van der Waals surface area contributed by atoms with Crippen molar-refractivity contribution in [3.63, 3.8) is 0 Å². The van der Waals surface area contributed by atoms with Crippen LogP contribution in [0.4, 0.5) is 5.69 Å². The lowest BCUT2D eigenvalue weighted by Gasteiger charge is -2.07. The summed E-state index contributed by atoms with van der Waals surface area (Å²) in [5, 5.41) is 11.8. The molecule has 0 fully saturated rings. The lowest BCUT2D eigenvalue weighted by atomic mass is 10.3. The molecule has 2 N–H and O–H groups in total. The van der Waals surface area contributed by atoms with Crippen molar-refractivity contribution < 1.29 is 9.90 Å². The van der Waals surface area contributed by atoms with Crippen LogP contribution in [0, 0.1) is 0 Å². The standard InChI is InChI=1S/C10H11BrClNO2S/c11-7-1-2-9(8(12)5-7)13-10(15)6-16-4-3-14/h1-2,5,14H,3-4,6H2,(H,13,15). The van der Waals surface area contributed by atoms with Crippen molar-refractivity contribution in [2.45, 2.75) is 0 Å². The number of thioether (sulfide) groups is 1. The second-order valence-corrected chi connectivity index (χ2v) is 5.38. The maximum atomic E-state index is 11.4. The van der Waals surface area contributed by atoms with E-state index < -0.39 is 0 Å². The van der Waals surface area contributed by atoms with Crippen LogP contribution in [0.15, 0.2) is 22.7 Å². The van der Waals surface area contributed by atoms with Gasteiger partial charge in [-0.3, -0.25) is 4.79 Å². The second-order valence-electron chi connectivity index (χ2n) is 2.95. The molecule has 1 aromatic rings. The highest BCUT2D eigenvalue weighted by atomic mass is 79.9. The molecule has 0 aliphatic rings. The molecular weight excluding hydrogens is 314 g/mol. The van der Waals surface area contributed by atoms with Crippen LogP contribution in [0.3, 0.4) is 0 Å². The Kier molecular flexibility index (Phi) is 6.20. The van der Waals surface area contributed by atoms with Crippen molar-refractivity contribution in [3.8, 4) is 0 Å². The highest BCUT2D eigenvalue weighted by molar-refractivity contribution is 9.10. The average Bonchev–Trinajstić information content (AvgIpc) is 2.23. The molecule has 0 radical (unpaired) electrons. The van der Waals surface area contributed by atoms with Gasteiger partial charge in [0.05, 0.1) is 23.1 Å². The van der Waals surface area contributed by atoms with Crippen LogP contribution in [0.1, 0.15) is 0 Å². The number of hydrogen-bond donors (Lipinski definition) is 2. The molecule has 0 saturated heterocycles. The van der Waals surface area contributed by atoms with E-state index in [0.717, 1.165) is 4.47 Å². The third-order valence-corrected chi connectivity index (χ3v) is 3.42. The molecule has 1 rings (SSSR count). The minimum atomic E-state index is -0.123. The van der Waals surface area contributed by atoms with Crippen molar-refractivity contribution in [2.75, 3.05) is 23.4 Å². The van der Waals surface area contributed by atoms with E-state index in [1.807, 2.05) is 6.07 Å². The van der Waals surface area contributed by atoms with E-state index in [1.54, 1.807) is 12.1 Å². The molecular formula is C10H11BrClNO2S. The van der Waals surface area contributed by atoms with E-state index in [4.69, 9.17) is 16.7 Å². The van der Waals surface area contributed by atoms with Gasteiger partial charge in [-0.2, -0.15) is 0 Å². The lowest BCUT2D eigenvalue weighted by Crippen LogP contribution is -2.14. The quantitative estimate of drug-likeness (QED) is 0.819. The summed E-state index contributed by atoms with van der Waals surface area (Å²) in [6, 6.07) is 5.27. The van der Waals surface area contributed by atoms with Crippen molar-refractivity contribution in [2.24, 2.45) is 0 Å². The molecule has 6 heteroatoms. The Labute approximate surface area is 112 Å². The maximum Gasteiger partial charge on any atom is 0.234 e. The first-order valence-electron chi connectivity index (χ1n) is 4.57. The summed E-state index contributed by atoms with van der Waals surface area (Å²) in [6.45, 7) is 0.0803. The van der Waals surface area contributed by atoms with Crippen molar-refractivity contribution >= 4 is 50.9 Å². The van der Waals surface area contributed by atoms with Crippen LogP contribution in [0.2, 0.25) is 5.02 Å². The van der Waals surface area contributed by atoms with Gasteiger partial charge in [0.15, 0.2) is 0 Å². The van der Waals surface area contributed by atoms with Gasteiger partial charge in [0.25, 0.3) is 0 Å². The smallest absolute Gasteiger partial charge is 0.234 e. The molecule has 0 bridgehead atoms. The molecule has 0 aromatic heterocycles. The second kappa shape index (κ2) is 7.17. The van der Waals surface area contributed by atoms with Gasteiger partial charge >= 0.3 is 0 Å². The number of carbonyl (C=O) groups is 1. The number of rotatable bonds is 5. The summed E-state index contributed by atoms with van der Waals surface area (Å²) >= 11 is 10.6. The number of benzene rings is 1. The van der Waals surface area contributed by atoms with Gasteiger partial charge in [0, 0.05) is 10.2 Å². The Morgan fingerprint density at radius 1 is 1.56 bits per heavy atom. The molecule has 0 aliphatic carbocycles. The van der Waals surface area contributed by atoms with Crippen LogP contribution >= 0.6 is 39.3 Å². The van der Waals surface area contributed by atoms with E-state index in [-0.39, 0.29) is 12.5 Å². The average molecular weight is 325 g/mol. The molecule has 1 amide bonds. The van der Waals surface area contributed by atoms with Crippen molar-refractivity contribution in [1.82, 2.24) is 0 Å². The van der Waals surface area contributed by atoms with E-state index in [2.05, 4.69) is 21.2 Å². The Morgan fingerprint density at radius 3 is 2.94 bits per heavy atom. The monoisotopic (exact) mass is 323 g/mol. The molecule has 0 spiro atoms. The molecule has 0 atom stereocenters. The van der Waals surface area contributed by atoms with Gasteiger partial charge in [-0.25, -0.2) is 0 Å². The fourth-order valence-electron chi connectivity index (χ4n) is 1.01. The summed E-state index contributed by atoms with van der Waals surface area (Å²) in [4.78, 5) is 11.4. The number of aliphatic hydroxyl groups is 1. The van der Waals surface area contributed by atoms with Crippen molar-refractivity contribution in [1.29, 1.82) is 0 Å². The van der Waals surface area contributed by atoms with E-state index in [9.17, 15) is 4.79 Å². The molecule has 0 unspecified atom stereocenters. The molecule has 88 valence electrons. The topological polar surface area (TPSA) is 49.3 Å². The normalized spacial score (nSPS) is 10.2. The third-order valence-electron chi connectivity index (χ3n) is 1.67. The predicted molar refractivity (Wildman–Crippen MR) is 72.2 cm³/mol. The minimum Gasteiger partial charge on any atom is -0.396 e. The summed E-state index contributed by atoms with van der Waals surface area (Å²) in [5.74, 6) is 0.747. The predicted octanol–water partition coefficient (Wildman–Crippen LogP) is 2.77. The molecule has 0 heterocycles. The maximum absolute atomic E-state index is 11.4. The van der Waals surface area contributed by atoms with Crippen LogP contribution in [-0.2, 0) is 4.79 Å². The fraction of sp³-hybridized carbons (Fsp3) is 0.300. The number of halogens is 2. The van der Waals surface area contributed by atoms with E-state index >= 15 is 0 Å². The minimum absolute atomic E-state index is 0.0803. The zero-order valence-electron chi connectivity index (χ0n) is 8.37. The van der Waals surface area contributed by atoms with Crippen LogP contribution in [0.5, 0.6) is 0 Å². The number of carbonyl (C=O) groups excluding carboxylic acids is 1. The lowest BCUT2D eigenvalue weighted by molar-refractivity contribution is -0.113. The highest BCUT2D eigenvalue weighted by Gasteiger charge is 2.05. The van der Waals surface area contributed by atoms with Gasteiger partial charge in [-0.1, -0.05) is 27.5 Å². The first-order valence-corrected chi connectivity index (χ1v) is 6.89. The Hall–Kier alpha value is -0.230. The van der Waals surface area contributed by atoms with Gasteiger partial charge in [0.2, 0.25) is 5.91 Å². The van der Waals surface area contributed by atoms with Crippen LogP contribution < -0.4 is 5.32 Å². The number of aliphatic hydroxyl groups excluding tert-OH is 1. The molecule has 1 aromatic carbocycles. The molecule has 0 aliphatic heterocycles. The Morgan fingerprint density at radius 2 is 2.31 bits per heavy atom. The summed E-state index contributed by atoms with van der Waals surface area (Å²) in [6.07, 6.45) is 0. The fourth-order valence-corrected chi connectivity index (χ4v) is 2.26. The number of anilines is 1. The Bertz CT molecular complexity index is 376. The van der Waals surface area contributed by atoms with Crippen LogP contribution in [0.25, 0.3) is 0 Å². The van der Waals surface area contributed by atoms with Crippen LogP contribution in [-0.4, -0.2) is 29.1 Å². The van der Waals surface area contributed by atoms with Gasteiger partial charge in [-0.15, -0.1) is 11.8 Å².